The van der Waals surface area contributed by atoms with Gasteiger partial charge in [-0.2, -0.15) is 5.26 Å². The number of allylic oxidation sites excluding steroid dienone is 1. The van der Waals surface area contributed by atoms with Crippen LogP contribution >= 0.6 is 0 Å². The van der Waals surface area contributed by atoms with Crippen molar-refractivity contribution in [2.75, 3.05) is 0 Å². The molecule has 3 heteroatoms. The van der Waals surface area contributed by atoms with Crippen molar-refractivity contribution >= 4 is 11.6 Å². The lowest BCUT2D eigenvalue weighted by molar-refractivity contribution is 0.574. The molecule has 0 aliphatic heterocycles. The van der Waals surface area contributed by atoms with E-state index in [4.69, 9.17) is 0 Å². The third-order valence-electron chi connectivity index (χ3n) is 3.40. The minimum Gasteiger partial charge on any atom is -0.346 e. The maximum atomic E-state index is 9.35. The highest BCUT2D eigenvalue weighted by Gasteiger charge is 2.11. The molecule has 0 saturated heterocycles. The lowest BCUT2D eigenvalue weighted by Crippen LogP contribution is -2.04. The molecule has 0 unspecified atom stereocenters. The summed E-state index contributed by atoms with van der Waals surface area (Å²) in [7, 11) is 0. The zero-order chi connectivity index (χ0) is 14.7. The Labute approximate surface area is 120 Å². The van der Waals surface area contributed by atoms with E-state index < -0.39 is 0 Å². The van der Waals surface area contributed by atoms with Crippen molar-refractivity contribution < 1.29 is 0 Å². The summed E-state index contributed by atoms with van der Waals surface area (Å²) in [6.45, 7) is 8.51. The Balaban J connectivity index is 2.50. The molecule has 20 heavy (non-hydrogen) atoms. The van der Waals surface area contributed by atoms with Gasteiger partial charge in [0.05, 0.1) is 11.3 Å². The zero-order valence-corrected chi connectivity index (χ0v) is 12.4. The Morgan fingerprint density at radius 3 is 2.60 bits per heavy atom. The number of aromatic nitrogens is 2. The van der Waals surface area contributed by atoms with Crippen molar-refractivity contribution in [2.45, 2.75) is 33.7 Å². The van der Waals surface area contributed by atoms with E-state index >= 15 is 0 Å². The van der Waals surface area contributed by atoms with E-state index in [1.165, 1.54) is 11.4 Å². The number of hydrogen-bond donors (Lipinski definition) is 0. The van der Waals surface area contributed by atoms with Crippen molar-refractivity contribution in [1.82, 2.24) is 9.55 Å². The second-order valence-electron chi connectivity index (χ2n) is 5.18. The summed E-state index contributed by atoms with van der Waals surface area (Å²) >= 11 is 0. The van der Waals surface area contributed by atoms with Crippen LogP contribution in [0.2, 0.25) is 0 Å². The van der Waals surface area contributed by atoms with Crippen molar-refractivity contribution in [3.05, 3.63) is 53.1 Å². The Morgan fingerprint density at radius 1 is 1.35 bits per heavy atom. The fraction of sp³-hybridized carbons (Fsp3) is 0.294. The minimum absolute atomic E-state index is 0.414. The molecule has 102 valence electrons. The van der Waals surface area contributed by atoms with E-state index in [2.05, 4.69) is 49.4 Å². The maximum Gasteiger partial charge on any atom is 0.101 e. The maximum absolute atomic E-state index is 9.35. The van der Waals surface area contributed by atoms with Crippen molar-refractivity contribution in [3.63, 3.8) is 0 Å². The summed E-state index contributed by atoms with van der Waals surface area (Å²) in [4.78, 5) is 4.24. The van der Waals surface area contributed by atoms with Crippen LogP contribution in [0, 0.1) is 25.2 Å². The first kappa shape index (κ1) is 14.1. The molecule has 0 spiro atoms. The monoisotopic (exact) mass is 265 g/mol. The van der Waals surface area contributed by atoms with Gasteiger partial charge in [0.2, 0.25) is 0 Å². The third kappa shape index (κ3) is 2.65. The summed E-state index contributed by atoms with van der Waals surface area (Å²) in [6, 6.07) is 10.4. The first-order valence-corrected chi connectivity index (χ1v) is 6.76. The average Bonchev–Trinajstić information content (AvgIpc) is 2.71. The average molecular weight is 265 g/mol. The molecule has 0 aliphatic carbocycles. The SMILES string of the molecule is Cc1cc(C=C(C#N)c2ccccn2)c(C)n1C(C)C. The van der Waals surface area contributed by atoms with E-state index in [-0.39, 0.29) is 0 Å². The second-order valence-corrected chi connectivity index (χ2v) is 5.18. The van der Waals surface area contributed by atoms with Gasteiger partial charge in [-0.05, 0) is 57.5 Å². The Bertz CT molecular complexity index is 670. The zero-order valence-electron chi connectivity index (χ0n) is 12.4. The Kier molecular flexibility index (Phi) is 4.05. The molecule has 0 fully saturated rings. The summed E-state index contributed by atoms with van der Waals surface area (Å²) < 4.78 is 2.28. The predicted molar refractivity (Wildman–Crippen MR) is 82.0 cm³/mol. The van der Waals surface area contributed by atoms with Crippen LogP contribution in [0.15, 0.2) is 30.5 Å². The molecule has 3 nitrogen and oxygen atoms in total. The molecule has 0 radical (unpaired) electrons. The van der Waals surface area contributed by atoms with Gasteiger partial charge in [-0.1, -0.05) is 6.07 Å². The first-order valence-electron chi connectivity index (χ1n) is 6.76. The smallest absolute Gasteiger partial charge is 0.101 e. The number of nitriles is 1. The fourth-order valence-electron chi connectivity index (χ4n) is 2.58. The van der Waals surface area contributed by atoms with Gasteiger partial charge in [0, 0.05) is 23.6 Å². The third-order valence-corrected chi connectivity index (χ3v) is 3.40. The largest absolute Gasteiger partial charge is 0.346 e. The van der Waals surface area contributed by atoms with E-state index in [0.29, 0.717) is 17.3 Å². The van der Waals surface area contributed by atoms with Gasteiger partial charge in [0.1, 0.15) is 6.07 Å². The van der Waals surface area contributed by atoms with Crippen molar-refractivity contribution in [2.24, 2.45) is 0 Å². The van der Waals surface area contributed by atoms with E-state index in [9.17, 15) is 5.26 Å². The Morgan fingerprint density at radius 2 is 2.10 bits per heavy atom. The molecule has 0 saturated carbocycles. The number of nitrogens with zero attached hydrogens (tertiary/aromatic N) is 3. The van der Waals surface area contributed by atoms with Crippen LogP contribution in [0.4, 0.5) is 0 Å². The molecule has 0 aromatic carbocycles. The van der Waals surface area contributed by atoms with Crippen LogP contribution in [0.25, 0.3) is 11.6 Å². The van der Waals surface area contributed by atoms with Gasteiger partial charge in [0.25, 0.3) is 0 Å². The van der Waals surface area contributed by atoms with Crippen LogP contribution < -0.4 is 0 Å². The van der Waals surface area contributed by atoms with Crippen LogP contribution in [-0.2, 0) is 0 Å². The molecule has 2 rings (SSSR count). The fourth-order valence-corrected chi connectivity index (χ4v) is 2.58. The van der Waals surface area contributed by atoms with Crippen LogP contribution in [-0.4, -0.2) is 9.55 Å². The molecule has 0 N–H and O–H groups in total. The summed E-state index contributed by atoms with van der Waals surface area (Å²) in [5.74, 6) is 0. The van der Waals surface area contributed by atoms with Gasteiger partial charge in [-0.3, -0.25) is 4.98 Å². The molecule has 0 atom stereocenters. The molecule has 0 aliphatic rings. The normalized spacial score (nSPS) is 11.7. The van der Waals surface area contributed by atoms with Crippen LogP contribution in [0.5, 0.6) is 0 Å². The minimum atomic E-state index is 0.414. The second kappa shape index (κ2) is 5.75. The van der Waals surface area contributed by atoms with E-state index in [1.807, 2.05) is 24.3 Å². The molecule has 2 aromatic heterocycles. The summed E-state index contributed by atoms with van der Waals surface area (Å²) in [5.41, 5.74) is 4.78. The standard InChI is InChI=1S/C17H19N3/c1-12(2)20-13(3)9-15(14(20)4)10-16(11-18)17-7-5-6-8-19-17/h5-10,12H,1-4H3. The van der Waals surface area contributed by atoms with Crippen molar-refractivity contribution in [3.8, 4) is 6.07 Å². The lowest BCUT2D eigenvalue weighted by atomic mass is 10.1. The summed E-state index contributed by atoms with van der Waals surface area (Å²) in [5, 5.41) is 9.35. The van der Waals surface area contributed by atoms with Gasteiger partial charge < -0.3 is 4.57 Å². The predicted octanol–water partition coefficient (Wildman–Crippen LogP) is 4.15. The van der Waals surface area contributed by atoms with E-state index in [0.717, 1.165) is 5.56 Å². The number of hydrogen-bond acceptors (Lipinski definition) is 2. The number of aryl methyl sites for hydroxylation is 1. The first-order chi connectivity index (χ1) is 9.54. The van der Waals surface area contributed by atoms with Gasteiger partial charge >= 0.3 is 0 Å². The lowest BCUT2D eigenvalue weighted by Gasteiger charge is -2.13. The number of pyridine rings is 1. The molecule has 2 heterocycles. The molecule has 0 amide bonds. The highest BCUT2D eigenvalue weighted by Crippen LogP contribution is 2.24. The number of rotatable bonds is 3. The van der Waals surface area contributed by atoms with Gasteiger partial charge in [-0.15, -0.1) is 0 Å². The molecular weight excluding hydrogens is 246 g/mol. The Hall–Kier alpha value is -2.34. The topological polar surface area (TPSA) is 41.6 Å². The highest BCUT2D eigenvalue weighted by atomic mass is 15.0. The van der Waals surface area contributed by atoms with Crippen LogP contribution in [0.3, 0.4) is 0 Å². The summed E-state index contributed by atoms with van der Waals surface area (Å²) in [6.07, 6.45) is 3.63. The quantitative estimate of drug-likeness (QED) is 0.782. The van der Waals surface area contributed by atoms with Gasteiger partial charge in [0.15, 0.2) is 0 Å². The molecule has 0 bridgehead atoms. The van der Waals surface area contributed by atoms with Crippen molar-refractivity contribution in [1.29, 1.82) is 5.26 Å². The van der Waals surface area contributed by atoms with Gasteiger partial charge in [-0.25, -0.2) is 0 Å². The molecule has 2 aromatic rings. The highest BCUT2D eigenvalue weighted by molar-refractivity contribution is 5.88. The van der Waals surface area contributed by atoms with E-state index in [1.54, 1.807) is 6.20 Å². The van der Waals surface area contributed by atoms with Crippen LogP contribution in [0.1, 0.15) is 42.5 Å². The molecular formula is C17H19N3.